The molecular weight excluding hydrogens is 357 g/mol. The summed E-state index contributed by atoms with van der Waals surface area (Å²) < 4.78 is 0. The fourth-order valence-electron chi connectivity index (χ4n) is 2.37. The number of amides is 1. The number of nitrogens with zero attached hydrogens (tertiary/aromatic N) is 1. The molecule has 0 unspecified atom stereocenters. The molecule has 2 N–H and O–H groups in total. The Labute approximate surface area is 155 Å². The molecule has 0 aliphatic rings. The third-order valence-electron chi connectivity index (χ3n) is 3.58. The summed E-state index contributed by atoms with van der Waals surface area (Å²) >= 11 is 11.8. The molecule has 126 valence electrons. The maximum absolute atomic E-state index is 11.9. The van der Waals surface area contributed by atoms with Crippen LogP contribution in [0.1, 0.15) is 5.56 Å². The highest BCUT2D eigenvalue weighted by molar-refractivity contribution is 6.42. The number of carbonyl (C=O) groups is 1. The van der Waals surface area contributed by atoms with Crippen molar-refractivity contribution in [3.05, 3.63) is 76.3 Å². The van der Waals surface area contributed by atoms with Crippen LogP contribution in [0.3, 0.4) is 0 Å². The minimum absolute atomic E-state index is 0.118. The molecular formula is C19H15Cl2N3O. The molecule has 25 heavy (non-hydrogen) atoms. The van der Waals surface area contributed by atoms with E-state index in [1.54, 1.807) is 18.2 Å². The Balaban J connectivity index is 1.57. The van der Waals surface area contributed by atoms with Crippen LogP contribution in [0.4, 0.5) is 5.69 Å². The average molecular weight is 372 g/mol. The summed E-state index contributed by atoms with van der Waals surface area (Å²) in [5.74, 6) is -0.246. The summed E-state index contributed by atoms with van der Waals surface area (Å²) in [5.41, 5.74) is 4.13. The highest BCUT2D eigenvalue weighted by Crippen LogP contribution is 2.23. The smallest absolute Gasteiger partial charge is 0.259 e. The highest BCUT2D eigenvalue weighted by atomic mass is 35.5. The van der Waals surface area contributed by atoms with Gasteiger partial charge in [-0.2, -0.15) is 5.10 Å². The second-order valence-electron chi connectivity index (χ2n) is 5.35. The van der Waals surface area contributed by atoms with E-state index in [-0.39, 0.29) is 12.5 Å². The number of hydrogen-bond acceptors (Lipinski definition) is 3. The monoisotopic (exact) mass is 371 g/mol. The molecule has 0 saturated heterocycles. The number of fused-ring (bicyclic) bond motifs is 1. The maximum atomic E-state index is 11.9. The molecule has 1 amide bonds. The van der Waals surface area contributed by atoms with Gasteiger partial charge in [0.05, 0.1) is 22.8 Å². The van der Waals surface area contributed by atoms with Gasteiger partial charge in [0.15, 0.2) is 0 Å². The lowest BCUT2D eigenvalue weighted by Gasteiger charge is -2.08. The van der Waals surface area contributed by atoms with E-state index in [4.69, 9.17) is 23.2 Å². The Morgan fingerprint density at radius 1 is 1.00 bits per heavy atom. The predicted octanol–water partition coefficient (Wildman–Crippen LogP) is 4.71. The van der Waals surface area contributed by atoms with Crippen LogP contribution in [0.5, 0.6) is 0 Å². The molecule has 0 radical (unpaired) electrons. The topological polar surface area (TPSA) is 53.5 Å². The molecule has 6 heteroatoms. The first-order valence-electron chi connectivity index (χ1n) is 7.62. The van der Waals surface area contributed by atoms with Crippen molar-refractivity contribution in [1.82, 2.24) is 5.43 Å². The molecule has 0 fully saturated rings. The lowest BCUT2D eigenvalue weighted by Crippen LogP contribution is -2.25. The van der Waals surface area contributed by atoms with Crippen molar-refractivity contribution in [2.45, 2.75) is 0 Å². The van der Waals surface area contributed by atoms with Crippen molar-refractivity contribution in [3.63, 3.8) is 0 Å². The van der Waals surface area contributed by atoms with E-state index in [2.05, 4.69) is 15.8 Å². The molecule has 3 rings (SSSR count). The molecule has 0 heterocycles. The van der Waals surface area contributed by atoms with Gasteiger partial charge in [-0.15, -0.1) is 0 Å². The van der Waals surface area contributed by atoms with Crippen LogP contribution >= 0.6 is 23.2 Å². The van der Waals surface area contributed by atoms with Crippen molar-refractivity contribution in [2.24, 2.45) is 5.10 Å². The van der Waals surface area contributed by atoms with Crippen molar-refractivity contribution < 1.29 is 4.79 Å². The second kappa shape index (κ2) is 8.01. The molecule has 0 spiro atoms. The van der Waals surface area contributed by atoms with Crippen LogP contribution in [0.25, 0.3) is 10.8 Å². The molecule has 0 aliphatic heterocycles. The summed E-state index contributed by atoms with van der Waals surface area (Å²) in [4.78, 5) is 11.9. The summed E-state index contributed by atoms with van der Waals surface area (Å²) in [6.45, 7) is 0.118. The molecule has 0 atom stereocenters. The van der Waals surface area contributed by atoms with E-state index in [1.165, 1.54) is 6.21 Å². The van der Waals surface area contributed by atoms with E-state index < -0.39 is 0 Å². The van der Waals surface area contributed by atoms with Gasteiger partial charge < -0.3 is 5.32 Å². The normalized spacial score (nSPS) is 11.0. The van der Waals surface area contributed by atoms with Crippen LogP contribution in [0.15, 0.2) is 65.8 Å². The summed E-state index contributed by atoms with van der Waals surface area (Å²) in [6.07, 6.45) is 1.51. The van der Waals surface area contributed by atoms with Crippen LogP contribution in [0.2, 0.25) is 10.0 Å². The fourth-order valence-corrected chi connectivity index (χ4v) is 2.67. The van der Waals surface area contributed by atoms with Crippen LogP contribution in [-0.2, 0) is 4.79 Å². The third kappa shape index (κ3) is 4.50. The van der Waals surface area contributed by atoms with E-state index in [0.717, 1.165) is 22.0 Å². The first kappa shape index (κ1) is 17.3. The average Bonchev–Trinajstić information content (AvgIpc) is 2.63. The molecule has 0 bridgehead atoms. The van der Waals surface area contributed by atoms with Gasteiger partial charge in [-0.25, -0.2) is 5.43 Å². The molecule has 0 saturated carbocycles. The number of carbonyl (C=O) groups excluding carboxylic acids is 1. The molecule has 0 aliphatic carbocycles. The van der Waals surface area contributed by atoms with Crippen molar-refractivity contribution in [1.29, 1.82) is 0 Å². The van der Waals surface area contributed by atoms with E-state index in [9.17, 15) is 4.79 Å². The van der Waals surface area contributed by atoms with Gasteiger partial charge in [-0.05, 0) is 29.1 Å². The largest absolute Gasteiger partial charge is 0.376 e. The lowest BCUT2D eigenvalue weighted by atomic mass is 10.1. The van der Waals surface area contributed by atoms with Crippen LogP contribution < -0.4 is 10.7 Å². The van der Waals surface area contributed by atoms with E-state index in [0.29, 0.717) is 10.0 Å². The standard InChI is InChI=1S/C19H15Cl2N3O/c20-16-9-8-13(10-17(16)21)11-23-24-19(25)12-22-18-7-3-5-14-4-1-2-6-15(14)18/h1-11,22H,12H2,(H,24,25)/b23-11-. The Kier molecular flexibility index (Phi) is 5.53. The van der Waals surface area contributed by atoms with E-state index >= 15 is 0 Å². The second-order valence-corrected chi connectivity index (χ2v) is 6.16. The van der Waals surface area contributed by atoms with Crippen molar-refractivity contribution in [3.8, 4) is 0 Å². The SMILES string of the molecule is O=C(CNc1cccc2ccccc12)N/N=C\c1ccc(Cl)c(Cl)c1. The van der Waals surface area contributed by atoms with Crippen LogP contribution in [-0.4, -0.2) is 18.7 Å². The van der Waals surface area contributed by atoms with Gasteiger partial charge in [-0.1, -0.05) is 65.7 Å². The number of halogens is 2. The minimum Gasteiger partial charge on any atom is -0.376 e. The minimum atomic E-state index is -0.246. The number of nitrogens with one attached hydrogen (secondary N) is 2. The number of benzene rings is 3. The fraction of sp³-hybridized carbons (Fsp3) is 0.0526. The Hall–Kier alpha value is -2.56. The Morgan fingerprint density at radius 3 is 2.64 bits per heavy atom. The third-order valence-corrected chi connectivity index (χ3v) is 4.31. The highest BCUT2D eigenvalue weighted by Gasteiger charge is 2.03. The summed E-state index contributed by atoms with van der Waals surface area (Å²) in [7, 11) is 0. The number of anilines is 1. The van der Waals surface area contributed by atoms with Gasteiger partial charge in [0, 0.05) is 11.1 Å². The molecule has 3 aromatic carbocycles. The predicted molar refractivity (Wildman–Crippen MR) is 105 cm³/mol. The maximum Gasteiger partial charge on any atom is 0.259 e. The van der Waals surface area contributed by atoms with Crippen molar-refractivity contribution in [2.75, 3.05) is 11.9 Å². The summed E-state index contributed by atoms with van der Waals surface area (Å²) in [5, 5.41) is 10.1. The van der Waals surface area contributed by atoms with Gasteiger partial charge in [0.1, 0.15) is 0 Å². The zero-order valence-corrected chi connectivity index (χ0v) is 14.7. The quantitative estimate of drug-likeness (QED) is 0.504. The van der Waals surface area contributed by atoms with Gasteiger partial charge in [-0.3, -0.25) is 4.79 Å². The van der Waals surface area contributed by atoms with Gasteiger partial charge in [0.25, 0.3) is 5.91 Å². The van der Waals surface area contributed by atoms with E-state index in [1.807, 2.05) is 42.5 Å². The van der Waals surface area contributed by atoms with Gasteiger partial charge >= 0.3 is 0 Å². The first-order chi connectivity index (χ1) is 12.1. The lowest BCUT2D eigenvalue weighted by molar-refractivity contribution is -0.119. The molecule has 0 aromatic heterocycles. The Bertz CT molecular complexity index is 936. The van der Waals surface area contributed by atoms with Gasteiger partial charge in [0.2, 0.25) is 0 Å². The Morgan fingerprint density at radius 2 is 1.80 bits per heavy atom. The zero-order chi connectivity index (χ0) is 17.6. The summed E-state index contributed by atoms with van der Waals surface area (Å²) in [6, 6.07) is 19.0. The molecule has 3 aromatic rings. The number of hydrogen-bond donors (Lipinski definition) is 2. The number of rotatable bonds is 5. The number of hydrazone groups is 1. The van der Waals surface area contributed by atoms with Crippen molar-refractivity contribution >= 4 is 51.8 Å². The van der Waals surface area contributed by atoms with Crippen LogP contribution in [0, 0.1) is 0 Å². The first-order valence-corrected chi connectivity index (χ1v) is 8.38. The zero-order valence-electron chi connectivity index (χ0n) is 13.2. The molecule has 4 nitrogen and oxygen atoms in total.